The third kappa shape index (κ3) is 2.10. The number of furan rings is 1. The Hall–Kier alpha value is -1.83. The van der Waals surface area contributed by atoms with E-state index in [-0.39, 0.29) is 0 Å². The predicted molar refractivity (Wildman–Crippen MR) is 57.1 cm³/mol. The molecule has 2 nitrogen and oxygen atoms in total. The van der Waals surface area contributed by atoms with E-state index in [4.69, 9.17) is 4.42 Å². The van der Waals surface area contributed by atoms with Gasteiger partial charge >= 0.3 is 0 Å². The van der Waals surface area contributed by atoms with Crippen LogP contribution in [0.4, 0.5) is 5.69 Å². The zero-order valence-corrected chi connectivity index (χ0v) is 7.97. The van der Waals surface area contributed by atoms with E-state index in [9.17, 15) is 0 Å². The van der Waals surface area contributed by atoms with Gasteiger partial charge in [0.2, 0.25) is 0 Å². The smallest absolute Gasteiger partial charge is 0.144 e. The Morgan fingerprint density at radius 1 is 1.14 bits per heavy atom. The predicted octanol–water partition coefficient (Wildman–Crippen LogP) is 3.34. The van der Waals surface area contributed by atoms with Crippen molar-refractivity contribution in [2.24, 2.45) is 4.99 Å². The lowest BCUT2D eigenvalue weighted by Gasteiger charge is -1.93. The fourth-order valence-corrected chi connectivity index (χ4v) is 1.13. The van der Waals surface area contributed by atoms with E-state index in [0.29, 0.717) is 0 Å². The summed E-state index contributed by atoms with van der Waals surface area (Å²) >= 11 is 0. The molecule has 0 bridgehead atoms. The molecule has 0 aliphatic carbocycles. The topological polar surface area (TPSA) is 25.5 Å². The second-order valence-corrected chi connectivity index (χ2v) is 3.11. The van der Waals surface area contributed by atoms with Crippen LogP contribution in [-0.2, 0) is 0 Å². The first kappa shape index (κ1) is 8.75. The van der Waals surface area contributed by atoms with Crippen LogP contribution >= 0.6 is 0 Å². The van der Waals surface area contributed by atoms with Gasteiger partial charge in [-0.3, -0.25) is 4.99 Å². The number of rotatable bonds is 2. The summed E-state index contributed by atoms with van der Waals surface area (Å²) in [5.74, 6) is 0.769. The average Bonchev–Trinajstić information content (AvgIpc) is 2.70. The second kappa shape index (κ2) is 3.92. The van der Waals surface area contributed by atoms with Crippen molar-refractivity contribution >= 4 is 11.9 Å². The summed E-state index contributed by atoms with van der Waals surface area (Å²) in [6.07, 6.45) is 3.35. The Bertz CT molecular complexity index is 412. The highest BCUT2D eigenvalue weighted by Gasteiger charge is 1.90. The third-order valence-electron chi connectivity index (χ3n) is 1.92. The molecule has 0 aliphatic heterocycles. The van der Waals surface area contributed by atoms with E-state index in [1.54, 1.807) is 12.5 Å². The second-order valence-electron chi connectivity index (χ2n) is 3.11. The minimum Gasteiger partial charge on any atom is -0.463 e. The zero-order valence-electron chi connectivity index (χ0n) is 7.97. The van der Waals surface area contributed by atoms with Crippen molar-refractivity contribution in [3.63, 3.8) is 0 Å². The van der Waals surface area contributed by atoms with Crippen LogP contribution in [0.2, 0.25) is 0 Å². The van der Waals surface area contributed by atoms with Crippen molar-refractivity contribution in [3.8, 4) is 0 Å². The highest BCUT2D eigenvalue weighted by Crippen LogP contribution is 2.12. The molecule has 70 valence electrons. The van der Waals surface area contributed by atoms with Crippen molar-refractivity contribution in [2.45, 2.75) is 6.92 Å². The summed E-state index contributed by atoms with van der Waals surface area (Å²) < 4.78 is 5.13. The average molecular weight is 185 g/mol. The lowest BCUT2D eigenvalue weighted by Crippen LogP contribution is -1.74. The van der Waals surface area contributed by atoms with Gasteiger partial charge < -0.3 is 4.42 Å². The van der Waals surface area contributed by atoms with Gasteiger partial charge in [0.15, 0.2) is 0 Å². The molecule has 0 amide bonds. The first-order valence-corrected chi connectivity index (χ1v) is 4.49. The number of hydrogen-bond acceptors (Lipinski definition) is 2. The number of hydrogen-bond donors (Lipinski definition) is 0. The van der Waals surface area contributed by atoms with Gasteiger partial charge in [-0.2, -0.15) is 0 Å². The number of benzene rings is 1. The van der Waals surface area contributed by atoms with E-state index in [1.807, 2.05) is 36.4 Å². The maximum atomic E-state index is 5.13. The van der Waals surface area contributed by atoms with Gasteiger partial charge in [0.05, 0.1) is 18.2 Å². The number of nitrogens with zero attached hydrogens (tertiary/aromatic N) is 1. The summed E-state index contributed by atoms with van der Waals surface area (Å²) in [6.45, 7) is 2.06. The van der Waals surface area contributed by atoms with Gasteiger partial charge in [0, 0.05) is 0 Å². The maximum absolute atomic E-state index is 5.13. The molecule has 0 aliphatic rings. The van der Waals surface area contributed by atoms with Gasteiger partial charge in [0.25, 0.3) is 0 Å². The molecule has 0 radical (unpaired) electrons. The fraction of sp³-hybridized carbons (Fsp3) is 0.0833. The Balaban J connectivity index is 2.15. The lowest BCUT2D eigenvalue weighted by atomic mass is 10.2. The Morgan fingerprint density at radius 3 is 2.57 bits per heavy atom. The van der Waals surface area contributed by atoms with Crippen molar-refractivity contribution < 1.29 is 4.42 Å². The van der Waals surface area contributed by atoms with Crippen molar-refractivity contribution in [2.75, 3.05) is 0 Å². The van der Waals surface area contributed by atoms with Crippen LogP contribution in [0, 0.1) is 6.92 Å². The molecule has 0 spiro atoms. The van der Waals surface area contributed by atoms with Gasteiger partial charge in [0.1, 0.15) is 5.76 Å². The molecule has 0 saturated carbocycles. The van der Waals surface area contributed by atoms with Gasteiger partial charge in [-0.05, 0) is 31.2 Å². The van der Waals surface area contributed by atoms with Crippen molar-refractivity contribution in [1.29, 1.82) is 0 Å². The quantitative estimate of drug-likeness (QED) is 0.659. The number of aliphatic imine (C=N–C) groups is 1. The minimum atomic E-state index is 0.769. The maximum Gasteiger partial charge on any atom is 0.144 e. The molecule has 2 aromatic rings. The molecule has 1 aromatic heterocycles. The highest BCUT2D eigenvalue weighted by atomic mass is 16.3. The molecule has 0 fully saturated rings. The summed E-state index contributed by atoms with van der Waals surface area (Å²) in [4.78, 5) is 4.27. The molecule has 1 heterocycles. The lowest BCUT2D eigenvalue weighted by molar-refractivity contribution is 0.560. The van der Waals surface area contributed by atoms with E-state index >= 15 is 0 Å². The fourth-order valence-electron chi connectivity index (χ4n) is 1.13. The standard InChI is InChI=1S/C12H11NO/c1-10-4-6-11(7-5-10)13-9-12-3-2-8-14-12/h2-9H,1H3. The first-order valence-electron chi connectivity index (χ1n) is 4.49. The van der Waals surface area contributed by atoms with Gasteiger partial charge in [-0.25, -0.2) is 0 Å². The molecule has 0 saturated heterocycles. The van der Waals surface area contributed by atoms with Crippen LogP contribution in [0.15, 0.2) is 52.1 Å². The van der Waals surface area contributed by atoms with E-state index in [2.05, 4.69) is 11.9 Å². The normalized spacial score (nSPS) is 10.9. The Morgan fingerprint density at radius 2 is 1.93 bits per heavy atom. The van der Waals surface area contributed by atoms with E-state index in [0.717, 1.165) is 11.4 Å². The van der Waals surface area contributed by atoms with Crippen LogP contribution in [0.3, 0.4) is 0 Å². The SMILES string of the molecule is Cc1ccc(N=Cc2ccco2)cc1. The molecular formula is C12H11NO. The highest BCUT2D eigenvalue weighted by molar-refractivity contribution is 5.78. The van der Waals surface area contributed by atoms with Gasteiger partial charge in [-0.15, -0.1) is 0 Å². The minimum absolute atomic E-state index is 0.769. The molecule has 0 atom stereocenters. The monoisotopic (exact) mass is 185 g/mol. The molecule has 0 N–H and O–H groups in total. The summed E-state index contributed by atoms with van der Waals surface area (Å²) in [5.41, 5.74) is 2.17. The molecular weight excluding hydrogens is 174 g/mol. The molecule has 14 heavy (non-hydrogen) atoms. The largest absolute Gasteiger partial charge is 0.463 e. The van der Waals surface area contributed by atoms with Crippen LogP contribution < -0.4 is 0 Å². The third-order valence-corrected chi connectivity index (χ3v) is 1.92. The summed E-state index contributed by atoms with van der Waals surface area (Å²) in [5, 5.41) is 0. The van der Waals surface area contributed by atoms with Crippen molar-refractivity contribution in [1.82, 2.24) is 0 Å². The Labute approximate surface area is 82.9 Å². The molecule has 0 unspecified atom stereocenters. The summed E-state index contributed by atoms with van der Waals surface area (Å²) in [6, 6.07) is 11.8. The first-order chi connectivity index (χ1) is 6.84. The van der Waals surface area contributed by atoms with E-state index in [1.165, 1.54) is 5.56 Å². The molecule has 2 heteroatoms. The molecule has 2 rings (SSSR count). The van der Waals surface area contributed by atoms with Crippen molar-refractivity contribution in [3.05, 3.63) is 54.0 Å². The van der Waals surface area contributed by atoms with Crippen LogP contribution in [-0.4, -0.2) is 6.21 Å². The summed E-state index contributed by atoms with van der Waals surface area (Å²) in [7, 11) is 0. The van der Waals surface area contributed by atoms with E-state index < -0.39 is 0 Å². The Kier molecular flexibility index (Phi) is 2.45. The van der Waals surface area contributed by atoms with Gasteiger partial charge in [-0.1, -0.05) is 17.7 Å². The van der Waals surface area contributed by atoms with Crippen LogP contribution in [0.5, 0.6) is 0 Å². The number of aryl methyl sites for hydroxylation is 1. The molecule has 1 aromatic carbocycles. The van der Waals surface area contributed by atoms with Crippen LogP contribution in [0.25, 0.3) is 0 Å². The zero-order chi connectivity index (χ0) is 9.80. The van der Waals surface area contributed by atoms with Crippen LogP contribution in [0.1, 0.15) is 11.3 Å².